The first-order chi connectivity index (χ1) is 14.1. The van der Waals surface area contributed by atoms with Crippen LogP contribution < -0.4 is 4.74 Å². The number of hydrogen-bond donors (Lipinski definition) is 0. The molecular formula is C20H18N4O5. The van der Waals surface area contributed by atoms with Crippen molar-refractivity contribution in [3.63, 3.8) is 0 Å². The Kier molecular flexibility index (Phi) is 4.94. The van der Waals surface area contributed by atoms with Gasteiger partial charge in [0.1, 0.15) is 11.8 Å². The molecule has 29 heavy (non-hydrogen) atoms. The molecule has 0 saturated carbocycles. The number of amides is 1. The lowest BCUT2D eigenvalue weighted by molar-refractivity contribution is -0.384. The van der Waals surface area contributed by atoms with Gasteiger partial charge in [0.05, 0.1) is 12.0 Å². The summed E-state index contributed by atoms with van der Waals surface area (Å²) in [6, 6.07) is 12.6. The fourth-order valence-corrected chi connectivity index (χ4v) is 3.43. The minimum absolute atomic E-state index is 0.121. The minimum atomic E-state index is -0.517. The number of carbonyl (C=O) groups excluding carboxylic acids is 1. The van der Waals surface area contributed by atoms with Gasteiger partial charge in [-0.25, -0.2) is 0 Å². The van der Waals surface area contributed by atoms with Gasteiger partial charge in [0.25, 0.3) is 11.6 Å². The lowest BCUT2D eigenvalue weighted by Gasteiger charge is -2.21. The number of likely N-dealkylation sites (tertiary alicyclic amines) is 1. The summed E-state index contributed by atoms with van der Waals surface area (Å²) >= 11 is 0. The van der Waals surface area contributed by atoms with Crippen molar-refractivity contribution < 1.29 is 19.0 Å². The van der Waals surface area contributed by atoms with E-state index in [0.717, 1.165) is 12.0 Å². The second kappa shape index (κ2) is 7.70. The van der Waals surface area contributed by atoms with E-state index in [1.54, 1.807) is 24.1 Å². The summed E-state index contributed by atoms with van der Waals surface area (Å²) in [7, 11) is 1.58. The predicted octanol–water partition coefficient (Wildman–Crippen LogP) is 3.63. The average molecular weight is 394 g/mol. The molecule has 0 radical (unpaired) electrons. The molecule has 1 aromatic heterocycles. The number of hydrogen-bond acceptors (Lipinski definition) is 7. The van der Waals surface area contributed by atoms with Crippen molar-refractivity contribution in [3.8, 4) is 17.1 Å². The van der Waals surface area contributed by atoms with E-state index < -0.39 is 4.92 Å². The molecule has 0 spiro atoms. The number of aromatic nitrogens is 2. The fourth-order valence-electron chi connectivity index (χ4n) is 3.43. The molecule has 4 rings (SSSR count). The quantitative estimate of drug-likeness (QED) is 0.480. The maximum absolute atomic E-state index is 13.0. The van der Waals surface area contributed by atoms with Crippen LogP contribution >= 0.6 is 0 Å². The van der Waals surface area contributed by atoms with E-state index in [1.807, 2.05) is 18.2 Å². The maximum atomic E-state index is 13.0. The standard InChI is InChI=1S/C20H18N4O5/c1-28-16-8-3-5-13(12-16)18-21-19(29-22-18)17-9-4-10-23(17)20(25)14-6-2-7-15(11-14)24(26)27/h2-3,5-8,11-12,17H,4,9-10H2,1H3/t17-/m1/s1. The van der Waals surface area contributed by atoms with Gasteiger partial charge in [-0.2, -0.15) is 4.98 Å². The number of nitrogens with zero attached hydrogens (tertiary/aromatic N) is 4. The zero-order chi connectivity index (χ0) is 20.4. The van der Waals surface area contributed by atoms with Crippen molar-refractivity contribution in [1.29, 1.82) is 0 Å². The molecule has 1 atom stereocenters. The van der Waals surface area contributed by atoms with Crippen molar-refractivity contribution in [3.05, 3.63) is 70.1 Å². The van der Waals surface area contributed by atoms with E-state index in [4.69, 9.17) is 9.26 Å². The van der Waals surface area contributed by atoms with Gasteiger partial charge >= 0.3 is 0 Å². The second-order valence-corrected chi connectivity index (χ2v) is 6.65. The van der Waals surface area contributed by atoms with Crippen LogP contribution in [0.1, 0.15) is 35.1 Å². The molecule has 1 saturated heterocycles. The normalized spacial score (nSPS) is 16.0. The lowest BCUT2D eigenvalue weighted by Crippen LogP contribution is -2.30. The molecule has 3 aromatic rings. The Morgan fingerprint density at radius 3 is 2.90 bits per heavy atom. The Bertz CT molecular complexity index is 1060. The topological polar surface area (TPSA) is 112 Å². The van der Waals surface area contributed by atoms with Crippen LogP contribution in [-0.2, 0) is 0 Å². The summed E-state index contributed by atoms with van der Waals surface area (Å²) in [4.78, 5) is 29.6. The van der Waals surface area contributed by atoms with E-state index in [0.29, 0.717) is 30.4 Å². The van der Waals surface area contributed by atoms with Gasteiger partial charge < -0.3 is 14.2 Å². The van der Waals surface area contributed by atoms with Crippen LogP contribution in [0.2, 0.25) is 0 Å². The number of nitro groups is 1. The number of non-ortho nitro benzene ring substituents is 1. The zero-order valence-electron chi connectivity index (χ0n) is 15.6. The van der Waals surface area contributed by atoms with Gasteiger partial charge in [-0.3, -0.25) is 14.9 Å². The third kappa shape index (κ3) is 3.66. The van der Waals surface area contributed by atoms with Crippen molar-refractivity contribution in [2.45, 2.75) is 18.9 Å². The van der Waals surface area contributed by atoms with Gasteiger partial charge in [-0.05, 0) is 31.0 Å². The van der Waals surface area contributed by atoms with Crippen molar-refractivity contribution in [1.82, 2.24) is 15.0 Å². The minimum Gasteiger partial charge on any atom is -0.497 e. The molecule has 9 nitrogen and oxygen atoms in total. The summed E-state index contributed by atoms with van der Waals surface area (Å²) in [6.45, 7) is 0.517. The maximum Gasteiger partial charge on any atom is 0.270 e. The summed E-state index contributed by atoms with van der Waals surface area (Å²) in [5.41, 5.74) is 0.886. The zero-order valence-corrected chi connectivity index (χ0v) is 15.6. The van der Waals surface area contributed by atoms with E-state index in [-0.39, 0.29) is 23.2 Å². The van der Waals surface area contributed by atoms with Gasteiger partial charge in [0.2, 0.25) is 11.7 Å². The summed E-state index contributed by atoms with van der Waals surface area (Å²) < 4.78 is 10.7. The largest absolute Gasteiger partial charge is 0.497 e. The van der Waals surface area contributed by atoms with E-state index >= 15 is 0 Å². The lowest BCUT2D eigenvalue weighted by atomic mass is 10.1. The molecule has 9 heteroatoms. The van der Waals surface area contributed by atoms with Crippen LogP contribution in [0.5, 0.6) is 5.75 Å². The van der Waals surface area contributed by atoms with Gasteiger partial charge in [0, 0.05) is 29.8 Å². The average Bonchev–Trinajstić information content (AvgIpc) is 3.42. The van der Waals surface area contributed by atoms with Crippen molar-refractivity contribution in [2.24, 2.45) is 0 Å². The number of methoxy groups -OCH3 is 1. The highest BCUT2D eigenvalue weighted by atomic mass is 16.6. The molecule has 2 heterocycles. The molecule has 0 N–H and O–H groups in total. The van der Waals surface area contributed by atoms with Crippen molar-refractivity contribution in [2.75, 3.05) is 13.7 Å². The highest BCUT2D eigenvalue weighted by molar-refractivity contribution is 5.95. The molecule has 0 aliphatic carbocycles. The molecule has 1 aliphatic heterocycles. The molecule has 2 aromatic carbocycles. The third-order valence-electron chi connectivity index (χ3n) is 4.87. The van der Waals surface area contributed by atoms with E-state index in [9.17, 15) is 14.9 Å². The summed E-state index contributed by atoms with van der Waals surface area (Å²) in [5, 5.41) is 15.0. The van der Waals surface area contributed by atoms with Crippen LogP contribution in [0.4, 0.5) is 5.69 Å². The Morgan fingerprint density at radius 1 is 1.28 bits per heavy atom. The smallest absolute Gasteiger partial charge is 0.270 e. The molecule has 148 valence electrons. The Labute approximate surface area is 166 Å². The summed E-state index contributed by atoms with van der Waals surface area (Å²) in [6.07, 6.45) is 1.46. The monoisotopic (exact) mass is 394 g/mol. The van der Waals surface area contributed by atoms with E-state index in [2.05, 4.69) is 10.1 Å². The number of nitro benzene ring substituents is 1. The van der Waals surface area contributed by atoms with Gasteiger partial charge in [-0.1, -0.05) is 23.4 Å². The number of carbonyl (C=O) groups is 1. The summed E-state index contributed by atoms with van der Waals surface area (Å²) in [5.74, 6) is 1.14. The van der Waals surface area contributed by atoms with Crippen LogP contribution in [0.3, 0.4) is 0 Å². The fraction of sp³-hybridized carbons (Fsp3) is 0.250. The highest BCUT2D eigenvalue weighted by Crippen LogP contribution is 2.34. The first-order valence-corrected chi connectivity index (χ1v) is 9.10. The van der Waals surface area contributed by atoms with Crippen LogP contribution in [0.15, 0.2) is 53.1 Å². The molecule has 0 bridgehead atoms. The van der Waals surface area contributed by atoms with Gasteiger partial charge in [0.15, 0.2) is 0 Å². The molecule has 1 amide bonds. The highest BCUT2D eigenvalue weighted by Gasteiger charge is 2.35. The van der Waals surface area contributed by atoms with Crippen LogP contribution in [0.25, 0.3) is 11.4 Å². The molecular weight excluding hydrogens is 376 g/mol. The van der Waals surface area contributed by atoms with Gasteiger partial charge in [-0.15, -0.1) is 0 Å². The Balaban J connectivity index is 1.59. The predicted molar refractivity (Wildman–Crippen MR) is 102 cm³/mol. The number of benzene rings is 2. The molecule has 1 aliphatic rings. The number of ether oxygens (including phenoxy) is 1. The first kappa shape index (κ1) is 18.6. The first-order valence-electron chi connectivity index (χ1n) is 9.10. The van der Waals surface area contributed by atoms with Crippen LogP contribution in [-0.4, -0.2) is 39.5 Å². The molecule has 0 unspecified atom stereocenters. The Hall–Kier alpha value is -3.75. The van der Waals surface area contributed by atoms with E-state index in [1.165, 1.54) is 18.2 Å². The third-order valence-corrected chi connectivity index (χ3v) is 4.87. The Morgan fingerprint density at radius 2 is 2.10 bits per heavy atom. The molecule has 1 fully saturated rings. The second-order valence-electron chi connectivity index (χ2n) is 6.65. The van der Waals surface area contributed by atoms with Crippen molar-refractivity contribution >= 4 is 11.6 Å². The SMILES string of the molecule is COc1cccc(-c2noc([C@H]3CCCN3C(=O)c3cccc([N+](=O)[O-])c3)n2)c1. The van der Waals surface area contributed by atoms with Crippen LogP contribution in [0, 0.1) is 10.1 Å². The number of rotatable bonds is 5.